The van der Waals surface area contributed by atoms with Gasteiger partial charge in [0.05, 0.1) is 21.3 Å². The minimum absolute atomic E-state index is 0.160. The molecule has 0 aromatic heterocycles. The lowest BCUT2D eigenvalue weighted by Crippen LogP contribution is -2.14. The van der Waals surface area contributed by atoms with Gasteiger partial charge in [-0.1, -0.05) is 39.1 Å². The van der Waals surface area contributed by atoms with E-state index in [0.717, 1.165) is 4.47 Å². The molecule has 1 amide bonds. The number of carbonyl (C=O) groups excluding carboxylic acids is 1. The number of anilines is 2. The van der Waals surface area contributed by atoms with E-state index in [9.17, 15) is 4.79 Å². The molecule has 0 bridgehead atoms. The molecule has 0 aliphatic heterocycles. The molecule has 0 aliphatic carbocycles. The van der Waals surface area contributed by atoms with Gasteiger partial charge in [-0.3, -0.25) is 4.79 Å². The van der Waals surface area contributed by atoms with E-state index in [0.29, 0.717) is 20.3 Å². The molecule has 110 valence electrons. The van der Waals surface area contributed by atoms with Gasteiger partial charge in [0, 0.05) is 19.1 Å². The van der Waals surface area contributed by atoms with Crippen molar-refractivity contribution >= 4 is 88.3 Å². The smallest absolute Gasteiger partial charge is 0.257 e. The summed E-state index contributed by atoms with van der Waals surface area (Å²) in [5, 5.41) is 3.16. The average molecular weight is 518 g/mol. The Bertz CT molecular complexity index is 715. The predicted molar refractivity (Wildman–Crippen MR) is 98.4 cm³/mol. The van der Waals surface area contributed by atoms with E-state index in [-0.39, 0.29) is 15.6 Å². The first-order chi connectivity index (χ1) is 9.79. The van der Waals surface area contributed by atoms with Crippen LogP contribution in [0.2, 0.25) is 10.0 Å². The van der Waals surface area contributed by atoms with Crippen LogP contribution >= 0.6 is 71.0 Å². The van der Waals surface area contributed by atoms with Crippen molar-refractivity contribution in [3.8, 4) is 0 Å². The molecule has 21 heavy (non-hydrogen) atoms. The van der Waals surface area contributed by atoms with Gasteiger partial charge in [-0.05, 0) is 56.1 Å². The van der Waals surface area contributed by atoms with Gasteiger partial charge in [-0.15, -0.1) is 0 Å². The van der Waals surface area contributed by atoms with Crippen molar-refractivity contribution in [1.82, 2.24) is 0 Å². The molecule has 8 heteroatoms. The Morgan fingerprint density at radius 3 is 2.19 bits per heavy atom. The van der Waals surface area contributed by atoms with E-state index in [4.69, 9.17) is 28.9 Å². The number of rotatable bonds is 2. The number of hydrogen-bond donors (Lipinski definition) is 2. The van der Waals surface area contributed by atoms with Gasteiger partial charge in [0.1, 0.15) is 0 Å². The fraction of sp³-hybridized carbons (Fsp3) is 0. The Labute approximate surface area is 156 Å². The van der Waals surface area contributed by atoms with E-state index >= 15 is 0 Å². The van der Waals surface area contributed by atoms with Crippen LogP contribution in [0.25, 0.3) is 0 Å². The maximum Gasteiger partial charge on any atom is 0.257 e. The van der Waals surface area contributed by atoms with Crippen LogP contribution in [0.3, 0.4) is 0 Å². The number of nitrogens with two attached hydrogens (primary N) is 1. The molecule has 0 spiro atoms. The lowest BCUT2D eigenvalue weighted by molar-refractivity contribution is 0.102. The highest BCUT2D eigenvalue weighted by Crippen LogP contribution is 2.35. The summed E-state index contributed by atoms with van der Waals surface area (Å²) in [6.07, 6.45) is 0. The summed E-state index contributed by atoms with van der Waals surface area (Å²) in [4.78, 5) is 12.4. The standard InChI is InChI=1S/C13H7Br3Cl2N2O/c14-5-1-8(15)12(9(16)2-5)20-13(21)7-3-6(19)4-10(17)11(7)18/h1-4H,19H2,(H,20,21). The molecule has 0 aliphatic rings. The van der Waals surface area contributed by atoms with E-state index < -0.39 is 5.91 Å². The number of halogens is 5. The Balaban J connectivity index is 2.40. The third-order valence-corrected chi connectivity index (χ3v) is 5.05. The normalized spacial score (nSPS) is 10.5. The zero-order valence-electron chi connectivity index (χ0n) is 10.2. The summed E-state index contributed by atoms with van der Waals surface area (Å²) in [6, 6.07) is 6.60. The van der Waals surface area contributed by atoms with Gasteiger partial charge >= 0.3 is 0 Å². The van der Waals surface area contributed by atoms with Gasteiger partial charge in [0.15, 0.2) is 0 Å². The minimum Gasteiger partial charge on any atom is -0.399 e. The lowest BCUT2D eigenvalue weighted by Gasteiger charge is -2.12. The number of amides is 1. The number of hydrogen-bond acceptors (Lipinski definition) is 2. The summed E-state index contributed by atoms with van der Waals surface area (Å²) in [6.45, 7) is 0. The van der Waals surface area contributed by atoms with Crippen molar-refractivity contribution in [1.29, 1.82) is 0 Å². The Hall–Kier alpha value is -0.270. The van der Waals surface area contributed by atoms with Gasteiger partial charge < -0.3 is 11.1 Å². The summed E-state index contributed by atoms with van der Waals surface area (Å²) in [7, 11) is 0. The molecular formula is C13H7Br3Cl2N2O. The Morgan fingerprint density at radius 2 is 1.62 bits per heavy atom. The second-order valence-corrected chi connectivity index (χ2v) is 7.47. The average Bonchev–Trinajstić information content (AvgIpc) is 2.37. The first-order valence-electron chi connectivity index (χ1n) is 5.50. The van der Waals surface area contributed by atoms with Crippen LogP contribution in [0.15, 0.2) is 37.7 Å². The van der Waals surface area contributed by atoms with E-state index in [2.05, 4.69) is 53.1 Å². The van der Waals surface area contributed by atoms with Crippen LogP contribution in [-0.4, -0.2) is 5.91 Å². The maximum atomic E-state index is 12.4. The third-order valence-electron chi connectivity index (χ3n) is 2.54. The number of benzene rings is 2. The fourth-order valence-corrected chi connectivity index (χ4v) is 4.50. The molecule has 0 radical (unpaired) electrons. The molecule has 0 saturated heterocycles. The van der Waals surface area contributed by atoms with Crippen LogP contribution in [0.5, 0.6) is 0 Å². The van der Waals surface area contributed by atoms with Gasteiger partial charge in [-0.2, -0.15) is 0 Å². The second-order valence-electron chi connectivity index (χ2n) is 4.06. The summed E-state index contributed by atoms with van der Waals surface area (Å²) < 4.78 is 2.29. The molecule has 3 nitrogen and oxygen atoms in total. The molecule has 0 atom stereocenters. The van der Waals surface area contributed by atoms with Crippen molar-refractivity contribution < 1.29 is 4.79 Å². The van der Waals surface area contributed by atoms with Crippen molar-refractivity contribution in [3.05, 3.63) is 53.3 Å². The Morgan fingerprint density at radius 1 is 1.05 bits per heavy atom. The van der Waals surface area contributed by atoms with Crippen LogP contribution in [-0.2, 0) is 0 Å². The van der Waals surface area contributed by atoms with E-state index in [1.54, 1.807) is 0 Å². The highest BCUT2D eigenvalue weighted by atomic mass is 79.9. The first-order valence-corrected chi connectivity index (χ1v) is 8.63. The molecule has 0 saturated carbocycles. The summed E-state index contributed by atoms with van der Waals surface area (Å²) in [5.74, 6) is -0.405. The molecule has 0 fully saturated rings. The van der Waals surface area contributed by atoms with Crippen molar-refractivity contribution in [2.75, 3.05) is 11.1 Å². The molecule has 2 rings (SSSR count). The third kappa shape index (κ3) is 3.93. The number of nitrogen functional groups attached to an aromatic ring is 1. The summed E-state index contributed by atoms with van der Waals surface area (Å²) in [5.41, 5.74) is 6.85. The fourth-order valence-electron chi connectivity index (χ4n) is 1.62. The van der Waals surface area contributed by atoms with Crippen molar-refractivity contribution in [2.24, 2.45) is 0 Å². The van der Waals surface area contributed by atoms with Crippen LogP contribution in [0, 0.1) is 0 Å². The quantitative estimate of drug-likeness (QED) is 0.472. The zero-order chi connectivity index (χ0) is 15.7. The van der Waals surface area contributed by atoms with Gasteiger partial charge in [0.25, 0.3) is 5.91 Å². The van der Waals surface area contributed by atoms with E-state index in [1.165, 1.54) is 12.1 Å². The predicted octanol–water partition coefficient (Wildman–Crippen LogP) is 6.12. The monoisotopic (exact) mass is 514 g/mol. The van der Waals surface area contributed by atoms with Crippen LogP contribution < -0.4 is 11.1 Å². The van der Waals surface area contributed by atoms with Gasteiger partial charge in [-0.25, -0.2) is 0 Å². The summed E-state index contributed by atoms with van der Waals surface area (Å²) >= 11 is 22.1. The zero-order valence-corrected chi connectivity index (χ0v) is 16.5. The van der Waals surface area contributed by atoms with Gasteiger partial charge in [0.2, 0.25) is 0 Å². The topological polar surface area (TPSA) is 55.1 Å². The first kappa shape index (κ1) is 17.1. The second kappa shape index (κ2) is 6.87. The maximum absolute atomic E-state index is 12.4. The van der Waals surface area contributed by atoms with Crippen molar-refractivity contribution in [2.45, 2.75) is 0 Å². The number of nitrogens with one attached hydrogen (secondary N) is 1. The highest BCUT2D eigenvalue weighted by Gasteiger charge is 2.17. The number of carbonyl (C=O) groups is 1. The molecule has 2 aromatic rings. The molecule has 0 heterocycles. The molecule has 3 N–H and O–H groups in total. The van der Waals surface area contributed by atoms with Crippen LogP contribution in [0.1, 0.15) is 10.4 Å². The highest BCUT2D eigenvalue weighted by molar-refractivity contribution is 9.11. The lowest BCUT2D eigenvalue weighted by atomic mass is 10.2. The largest absolute Gasteiger partial charge is 0.399 e. The van der Waals surface area contributed by atoms with E-state index in [1.807, 2.05) is 12.1 Å². The van der Waals surface area contributed by atoms with Crippen LogP contribution in [0.4, 0.5) is 11.4 Å². The SMILES string of the molecule is Nc1cc(Cl)c(Cl)c(C(=O)Nc2c(Br)cc(Br)cc2Br)c1. The minimum atomic E-state index is -0.405. The molecule has 2 aromatic carbocycles. The Kier molecular flexibility index (Phi) is 5.59. The van der Waals surface area contributed by atoms with Crippen molar-refractivity contribution in [3.63, 3.8) is 0 Å². The molecule has 0 unspecified atom stereocenters. The molecular weight excluding hydrogens is 511 g/mol.